The highest BCUT2D eigenvalue weighted by Gasteiger charge is 2.31. The van der Waals surface area contributed by atoms with E-state index in [9.17, 15) is 13.5 Å². The van der Waals surface area contributed by atoms with Gasteiger partial charge in [-0.2, -0.15) is 8.42 Å². The SMILES string of the molecule is COc1ccc(-n2cc(-c3ccc(Cl)cc3Cl)nc2Cc2ccc(-c3ccc(C4CCCCC4)cc3)cc2)cc1N1C=C(O)NS1(=O)=O. The number of ether oxygens (including phenoxy) is 1. The van der Waals surface area contributed by atoms with Gasteiger partial charge in [0.05, 0.1) is 24.0 Å². The van der Waals surface area contributed by atoms with Gasteiger partial charge in [0.2, 0.25) is 5.88 Å². The number of hydrogen-bond donors (Lipinski definition) is 2. The van der Waals surface area contributed by atoms with Gasteiger partial charge in [-0.25, -0.2) is 14.0 Å². The molecule has 5 aromatic rings. The maximum absolute atomic E-state index is 12.8. The van der Waals surface area contributed by atoms with Crippen LogP contribution < -0.4 is 13.8 Å². The second-order valence-electron chi connectivity index (χ2n) is 12.1. The van der Waals surface area contributed by atoms with Gasteiger partial charge in [-0.15, -0.1) is 0 Å². The third-order valence-electron chi connectivity index (χ3n) is 9.03. The van der Waals surface area contributed by atoms with Crippen molar-refractivity contribution in [3.05, 3.63) is 130 Å². The van der Waals surface area contributed by atoms with Crippen LogP contribution in [0.15, 0.2) is 103 Å². The van der Waals surface area contributed by atoms with E-state index in [0.29, 0.717) is 50.9 Å². The fourth-order valence-corrected chi connectivity index (χ4v) is 8.12. The van der Waals surface area contributed by atoms with E-state index in [-0.39, 0.29) is 5.69 Å². The van der Waals surface area contributed by atoms with E-state index in [4.69, 9.17) is 32.9 Å². The molecule has 1 aromatic heterocycles. The van der Waals surface area contributed by atoms with E-state index in [2.05, 4.69) is 53.3 Å². The number of methoxy groups -OCH3 is 1. The number of imidazole rings is 1. The summed E-state index contributed by atoms with van der Waals surface area (Å²) in [7, 11) is -2.60. The molecular formula is C37H34Cl2N4O4S. The minimum Gasteiger partial charge on any atom is -0.495 e. The maximum atomic E-state index is 12.8. The zero-order valence-electron chi connectivity index (χ0n) is 26.2. The predicted octanol–water partition coefficient (Wildman–Crippen LogP) is 9.17. The van der Waals surface area contributed by atoms with Crippen LogP contribution in [0.3, 0.4) is 0 Å². The van der Waals surface area contributed by atoms with Gasteiger partial charge in [0.1, 0.15) is 17.3 Å². The van der Waals surface area contributed by atoms with E-state index in [1.807, 2.05) is 22.9 Å². The van der Waals surface area contributed by atoms with Crippen molar-refractivity contribution in [1.82, 2.24) is 14.3 Å². The number of benzene rings is 4. The molecule has 246 valence electrons. The third kappa shape index (κ3) is 6.50. The van der Waals surface area contributed by atoms with Crippen molar-refractivity contribution in [1.29, 1.82) is 0 Å². The summed E-state index contributed by atoms with van der Waals surface area (Å²) in [4.78, 5) is 5.00. The average Bonchev–Trinajstić information content (AvgIpc) is 3.63. The van der Waals surface area contributed by atoms with E-state index in [0.717, 1.165) is 21.6 Å². The van der Waals surface area contributed by atoms with Gasteiger partial charge in [-0.1, -0.05) is 91.0 Å². The van der Waals surface area contributed by atoms with Crippen LogP contribution >= 0.6 is 23.2 Å². The number of aliphatic hydroxyl groups is 1. The first-order valence-electron chi connectivity index (χ1n) is 15.8. The molecule has 11 heteroatoms. The lowest BCUT2D eigenvalue weighted by Gasteiger charge is -2.22. The Morgan fingerprint density at radius 1 is 0.917 bits per heavy atom. The summed E-state index contributed by atoms with van der Waals surface area (Å²) in [5, 5.41) is 10.9. The van der Waals surface area contributed by atoms with Crippen LogP contribution in [0.25, 0.3) is 28.1 Å². The summed E-state index contributed by atoms with van der Waals surface area (Å²) in [5.74, 6) is 1.19. The Morgan fingerprint density at radius 3 is 2.27 bits per heavy atom. The Balaban J connectivity index is 1.23. The number of aromatic nitrogens is 2. The first-order valence-corrected chi connectivity index (χ1v) is 18.0. The van der Waals surface area contributed by atoms with Gasteiger partial charge in [0.15, 0.2) is 0 Å². The highest BCUT2D eigenvalue weighted by Crippen LogP contribution is 2.37. The third-order valence-corrected chi connectivity index (χ3v) is 10.9. The van der Waals surface area contributed by atoms with Crippen molar-refractivity contribution >= 4 is 39.1 Å². The minimum atomic E-state index is -4.06. The van der Waals surface area contributed by atoms with Crippen molar-refractivity contribution in [2.24, 2.45) is 0 Å². The Labute approximate surface area is 290 Å². The summed E-state index contributed by atoms with van der Waals surface area (Å²) in [6, 6.07) is 27.9. The molecule has 0 amide bonds. The molecule has 0 unspecified atom stereocenters. The molecule has 1 aliphatic carbocycles. The number of rotatable bonds is 8. The summed E-state index contributed by atoms with van der Waals surface area (Å²) < 4.78 is 36.0. The molecule has 1 aliphatic heterocycles. The van der Waals surface area contributed by atoms with E-state index >= 15 is 0 Å². The van der Waals surface area contributed by atoms with Crippen LogP contribution in [0.1, 0.15) is 55.0 Å². The number of aliphatic hydroxyl groups excluding tert-OH is 1. The molecule has 1 saturated carbocycles. The van der Waals surface area contributed by atoms with Crippen molar-refractivity contribution in [2.75, 3.05) is 11.4 Å². The maximum Gasteiger partial charge on any atom is 0.330 e. The normalized spacial score (nSPS) is 16.1. The second kappa shape index (κ2) is 13.2. The standard InChI is InChI=1S/C37H34Cl2N4O4S/c1-47-35-18-16-30(21-34(35)43-23-37(44)41-48(43,45)46)42-22-33(31-17-15-29(38)20-32(31)39)40-36(42)19-24-7-9-26(10-8-24)28-13-11-27(12-14-28)25-5-3-2-4-6-25/h7-18,20-23,25,41,44H,2-6,19H2,1H3. The predicted molar refractivity (Wildman–Crippen MR) is 191 cm³/mol. The fourth-order valence-electron chi connectivity index (χ4n) is 6.56. The Bertz CT molecular complexity index is 2110. The highest BCUT2D eigenvalue weighted by molar-refractivity contribution is 7.91. The Morgan fingerprint density at radius 2 is 1.62 bits per heavy atom. The zero-order chi connectivity index (χ0) is 33.4. The molecule has 0 atom stereocenters. The molecule has 0 spiro atoms. The Kier molecular flexibility index (Phi) is 8.85. The topological polar surface area (TPSA) is 96.7 Å². The number of nitrogens with one attached hydrogen (secondary N) is 1. The van der Waals surface area contributed by atoms with E-state index < -0.39 is 16.1 Å². The molecule has 2 aliphatic rings. The lowest BCUT2D eigenvalue weighted by molar-refractivity contribution is 0.392. The van der Waals surface area contributed by atoms with Crippen LogP contribution in [0.5, 0.6) is 5.75 Å². The van der Waals surface area contributed by atoms with Crippen LogP contribution in [0.4, 0.5) is 5.69 Å². The lowest BCUT2D eigenvalue weighted by Crippen LogP contribution is -2.30. The molecule has 8 nitrogen and oxygen atoms in total. The molecule has 7 rings (SSSR count). The number of hydrogen-bond acceptors (Lipinski definition) is 5. The van der Waals surface area contributed by atoms with Gasteiger partial charge < -0.3 is 14.4 Å². The van der Waals surface area contributed by atoms with Crippen LogP contribution in [0, 0.1) is 0 Å². The molecule has 48 heavy (non-hydrogen) atoms. The first-order chi connectivity index (χ1) is 23.2. The van der Waals surface area contributed by atoms with Crippen molar-refractivity contribution < 1.29 is 18.3 Å². The molecule has 2 heterocycles. The molecule has 1 fully saturated rings. The molecule has 4 aromatic carbocycles. The van der Waals surface area contributed by atoms with E-state index in [1.54, 1.807) is 24.3 Å². The van der Waals surface area contributed by atoms with E-state index in [1.165, 1.54) is 50.3 Å². The molecule has 2 N–H and O–H groups in total. The van der Waals surface area contributed by atoms with Crippen molar-refractivity contribution in [3.63, 3.8) is 0 Å². The van der Waals surface area contributed by atoms with Gasteiger partial charge in [0.25, 0.3) is 0 Å². The van der Waals surface area contributed by atoms with Gasteiger partial charge in [-0.3, -0.25) is 0 Å². The lowest BCUT2D eigenvalue weighted by atomic mass is 9.83. The fraction of sp³-hybridized carbons (Fsp3) is 0.216. The molecular weight excluding hydrogens is 667 g/mol. The van der Waals surface area contributed by atoms with Crippen molar-refractivity contribution in [3.8, 4) is 33.8 Å². The summed E-state index contributed by atoms with van der Waals surface area (Å²) in [6.07, 6.45) is 9.99. The van der Waals surface area contributed by atoms with Crippen molar-refractivity contribution in [2.45, 2.75) is 44.4 Å². The van der Waals surface area contributed by atoms with Gasteiger partial charge in [0, 0.05) is 28.9 Å². The van der Waals surface area contributed by atoms with Crippen LogP contribution in [-0.2, 0) is 16.6 Å². The first kappa shape index (κ1) is 32.1. The monoisotopic (exact) mass is 700 g/mol. The largest absolute Gasteiger partial charge is 0.495 e. The summed E-state index contributed by atoms with van der Waals surface area (Å²) in [6.45, 7) is 0. The van der Waals surface area contributed by atoms with Crippen LogP contribution in [-0.4, -0.2) is 30.2 Å². The highest BCUT2D eigenvalue weighted by atomic mass is 35.5. The summed E-state index contributed by atoms with van der Waals surface area (Å²) >= 11 is 12.8. The van der Waals surface area contributed by atoms with Gasteiger partial charge >= 0.3 is 10.2 Å². The number of halogens is 2. The number of anilines is 1. The quantitative estimate of drug-likeness (QED) is 0.168. The average molecular weight is 702 g/mol. The zero-order valence-corrected chi connectivity index (χ0v) is 28.6. The second-order valence-corrected chi connectivity index (χ2v) is 14.5. The number of nitrogens with zero attached hydrogens (tertiary/aromatic N) is 3. The Hall–Kier alpha value is -4.44. The smallest absolute Gasteiger partial charge is 0.330 e. The molecule has 0 bridgehead atoms. The summed E-state index contributed by atoms with van der Waals surface area (Å²) in [5.41, 5.74) is 7.00. The van der Waals surface area contributed by atoms with Crippen LogP contribution in [0.2, 0.25) is 10.0 Å². The molecule has 0 saturated heterocycles. The molecule has 0 radical (unpaired) electrons. The minimum absolute atomic E-state index is 0.219. The van der Waals surface area contributed by atoms with Gasteiger partial charge in [-0.05, 0) is 77.4 Å².